The third kappa shape index (κ3) is 1.43. The highest BCUT2D eigenvalue weighted by Crippen LogP contribution is 2.08. The molecule has 0 saturated carbocycles. The Kier molecular flexibility index (Phi) is 2.33. The molecule has 0 bridgehead atoms. The summed E-state index contributed by atoms with van der Waals surface area (Å²) < 4.78 is 4.80. The Labute approximate surface area is 64.3 Å². The smallest absolute Gasteiger partial charge is 0.198 e. The minimum Gasteiger partial charge on any atom is -0.369 e. The summed E-state index contributed by atoms with van der Waals surface area (Å²) in [6.07, 6.45) is 4.68. The van der Waals surface area contributed by atoms with E-state index in [0.717, 1.165) is 0 Å². The second-order valence-electron chi connectivity index (χ2n) is 2.15. The number of rotatable bonds is 2. The van der Waals surface area contributed by atoms with Crippen molar-refractivity contribution in [1.82, 2.24) is 0 Å². The van der Waals surface area contributed by atoms with Crippen LogP contribution in [0.15, 0.2) is 23.8 Å². The summed E-state index contributed by atoms with van der Waals surface area (Å²) >= 11 is 0. The van der Waals surface area contributed by atoms with Gasteiger partial charge in [-0.25, -0.2) is 0 Å². The van der Waals surface area contributed by atoms with Crippen molar-refractivity contribution in [1.29, 1.82) is 0 Å². The molecular weight excluding hydrogens is 144 g/mol. The van der Waals surface area contributed by atoms with Gasteiger partial charge in [-0.05, 0) is 12.2 Å². The largest absolute Gasteiger partial charge is 0.369 e. The Hall–Kier alpha value is -1.22. The van der Waals surface area contributed by atoms with Crippen LogP contribution in [0.3, 0.4) is 0 Å². The van der Waals surface area contributed by atoms with E-state index in [1.807, 2.05) is 0 Å². The van der Waals surface area contributed by atoms with E-state index in [4.69, 9.17) is 4.74 Å². The Morgan fingerprint density at radius 3 is 2.91 bits per heavy atom. The first-order valence-corrected chi connectivity index (χ1v) is 3.20. The zero-order valence-corrected chi connectivity index (χ0v) is 6.11. The molecule has 1 aliphatic carbocycles. The first-order chi connectivity index (χ1) is 5.29. The van der Waals surface area contributed by atoms with Crippen molar-refractivity contribution in [3.63, 3.8) is 0 Å². The summed E-state index contributed by atoms with van der Waals surface area (Å²) in [6.45, 7) is 0. The van der Waals surface area contributed by atoms with E-state index >= 15 is 0 Å². The fourth-order valence-electron chi connectivity index (χ4n) is 0.877. The van der Waals surface area contributed by atoms with Crippen molar-refractivity contribution in [3.8, 4) is 0 Å². The van der Waals surface area contributed by atoms with Crippen LogP contribution in [0.25, 0.3) is 0 Å². The Bertz CT molecular complexity index is 238. The molecule has 11 heavy (non-hydrogen) atoms. The second kappa shape index (κ2) is 3.25. The maximum absolute atomic E-state index is 11.1. The highest BCUT2D eigenvalue weighted by atomic mass is 16.5. The maximum atomic E-state index is 11.1. The van der Waals surface area contributed by atoms with Gasteiger partial charge in [0.2, 0.25) is 0 Å². The van der Waals surface area contributed by atoms with E-state index in [2.05, 4.69) is 0 Å². The number of carbonyl (C=O) groups is 2. The van der Waals surface area contributed by atoms with Crippen LogP contribution < -0.4 is 0 Å². The van der Waals surface area contributed by atoms with Gasteiger partial charge in [-0.1, -0.05) is 6.08 Å². The quantitative estimate of drug-likeness (QED) is 0.421. The van der Waals surface area contributed by atoms with Gasteiger partial charge in [0.15, 0.2) is 12.1 Å². The first-order valence-electron chi connectivity index (χ1n) is 3.20. The molecule has 58 valence electrons. The van der Waals surface area contributed by atoms with Gasteiger partial charge in [-0.15, -0.1) is 0 Å². The van der Waals surface area contributed by atoms with Crippen LogP contribution in [-0.4, -0.2) is 25.3 Å². The number of ether oxygens (including phenoxy) is 1. The molecule has 0 fully saturated rings. The molecule has 0 aliphatic heterocycles. The number of hydrogen-bond donors (Lipinski definition) is 0. The molecule has 0 aromatic rings. The zero-order chi connectivity index (χ0) is 8.27. The lowest BCUT2D eigenvalue weighted by molar-refractivity contribution is -0.124. The van der Waals surface area contributed by atoms with Crippen LogP contribution in [0.1, 0.15) is 0 Å². The van der Waals surface area contributed by atoms with Crippen LogP contribution in [0.5, 0.6) is 0 Å². The third-order valence-corrected chi connectivity index (χ3v) is 1.49. The van der Waals surface area contributed by atoms with E-state index in [1.54, 1.807) is 12.2 Å². The normalized spacial score (nSPS) is 23.2. The summed E-state index contributed by atoms with van der Waals surface area (Å²) in [5.41, 5.74) is 0.166. The molecule has 0 N–H and O–H groups in total. The zero-order valence-electron chi connectivity index (χ0n) is 6.11. The standard InChI is InChI=1S/C8H8O3/c1-11-7-4-2-3-6(5-9)8(7)10/h2-5,7H,1H3. The molecule has 0 spiro atoms. The molecule has 3 heteroatoms. The maximum Gasteiger partial charge on any atom is 0.198 e. The minimum absolute atomic E-state index is 0.166. The average molecular weight is 152 g/mol. The van der Waals surface area contributed by atoms with Gasteiger partial charge in [0.05, 0.1) is 5.57 Å². The van der Waals surface area contributed by atoms with Crippen molar-refractivity contribution in [2.45, 2.75) is 6.10 Å². The van der Waals surface area contributed by atoms with Gasteiger partial charge in [-0.2, -0.15) is 0 Å². The van der Waals surface area contributed by atoms with Gasteiger partial charge in [0.25, 0.3) is 0 Å². The lowest BCUT2D eigenvalue weighted by Gasteiger charge is -2.11. The molecule has 0 radical (unpaired) electrons. The molecule has 1 rings (SSSR count). The lowest BCUT2D eigenvalue weighted by Crippen LogP contribution is -2.24. The Morgan fingerprint density at radius 2 is 2.36 bits per heavy atom. The highest BCUT2D eigenvalue weighted by Gasteiger charge is 2.20. The first kappa shape index (κ1) is 7.88. The van der Waals surface area contributed by atoms with Gasteiger partial charge < -0.3 is 4.74 Å². The predicted octanol–water partition coefficient (Wildman–Crippen LogP) is 0.266. The summed E-state index contributed by atoms with van der Waals surface area (Å²) in [5.74, 6) is -0.273. The molecular formula is C8H8O3. The molecule has 1 aliphatic rings. The number of hydrogen-bond acceptors (Lipinski definition) is 3. The highest BCUT2D eigenvalue weighted by molar-refractivity contribution is 6.15. The Balaban J connectivity index is 2.85. The Morgan fingerprint density at radius 1 is 1.64 bits per heavy atom. The molecule has 0 amide bonds. The van der Waals surface area contributed by atoms with Gasteiger partial charge >= 0.3 is 0 Å². The average Bonchev–Trinajstić information content (AvgIpc) is 2.05. The van der Waals surface area contributed by atoms with Crippen LogP contribution in [0.4, 0.5) is 0 Å². The number of Topliss-reactive ketones (excluding diaryl/α,β-unsaturated/α-hetero) is 1. The topological polar surface area (TPSA) is 43.4 Å². The van der Waals surface area contributed by atoms with E-state index < -0.39 is 6.10 Å². The van der Waals surface area contributed by atoms with E-state index in [9.17, 15) is 9.59 Å². The number of carbonyl (C=O) groups excluding carboxylic acids is 2. The van der Waals surface area contributed by atoms with Gasteiger partial charge in [0, 0.05) is 7.11 Å². The molecule has 1 unspecified atom stereocenters. The molecule has 0 aromatic heterocycles. The summed E-state index contributed by atoms with van der Waals surface area (Å²) in [5, 5.41) is 0. The second-order valence-corrected chi connectivity index (χ2v) is 2.15. The lowest BCUT2D eigenvalue weighted by atomic mass is 10.0. The summed E-state index contributed by atoms with van der Waals surface area (Å²) in [7, 11) is 1.43. The van der Waals surface area contributed by atoms with Crippen molar-refractivity contribution < 1.29 is 14.3 Å². The summed E-state index contributed by atoms with van der Waals surface area (Å²) in [6, 6.07) is 0. The molecule has 0 aromatic carbocycles. The SMILES string of the molecule is COC1C=CC=C(C=O)C1=O. The van der Waals surface area contributed by atoms with Crippen LogP contribution in [0, 0.1) is 0 Å². The van der Waals surface area contributed by atoms with Gasteiger partial charge in [-0.3, -0.25) is 9.59 Å². The fourth-order valence-corrected chi connectivity index (χ4v) is 0.877. The third-order valence-electron chi connectivity index (χ3n) is 1.49. The van der Waals surface area contributed by atoms with E-state index in [1.165, 1.54) is 13.2 Å². The molecule has 3 nitrogen and oxygen atoms in total. The van der Waals surface area contributed by atoms with Crippen molar-refractivity contribution >= 4 is 12.1 Å². The molecule has 1 atom stereocenters. The fraction of sp³-hybridized carbons (Fsp3) is 0.250. The number of aldehydes is 1. The predicted molar refractivity (Wildman–Crippen MR) is 39.1 cm³/mol. The molecule has 0 saturated heterocycles. The minimum atomic E-state index is -0.583. The van der Waals surface area contributed by atoms with Crippen LogP contribution in [-0.2, 0) is 14.3 Å². The number of allylic oxidation sites excluding steroid dienone is 2. The van der Waals surface area contributed by atoms with Crippen LogP contribution in [0.2, 0.25) is 0 Å². The van der Waals surface area contributed by atoms with Crippen molar-refractivity contribution in [3.05, 3.63) is 23.8 Å². The summed E-state index contributed by atoms with van der Waals surface area (Å²) in [4.78, 5) is 21.4. The van der Waals surface area contributed by atoms with Crippen molar-refractivity contribution in [2.75, 3.05) is 7.11 Å². The number of ketones is 1. The van der Waals surface area contributed by atoms with Crippen molar-refractivity contribution in [2.24, 2.45) is 0 Å². The monoisotopic (exact) mass is 152 g/mol. The molecule has 0 heterocycles. The van der Waals surface area contributed by atoms with Gasteiger partial charge in [0.1, 0.15) is 6.10 Å². The van der Waals surface area contributed by atoms with Crippen LogP contribution >= 0.6 is 0 Å². The number of methoxy groups -OCH3 is 1. The van der Waals surface area contributed by atoms with E-state index in [-0.39, 0.29) is 11.4 Å². The van der Waals surface area contributed by atoms with E-state index in [0.29, 0.717) is 6.29 Å².